The molecule has 2 N–H and O–H groups in total. The van der Waals surface area contributed by atoms with Crippen molar-refractivity contribution in [3.8, 4) is 0 Å². The van der Waals surface area contributed by atoms with Crippen LogP contribution < -0.4 is 5.32 Å². The maximum atomic E-state index is 11.4. The number of hydrogen-bond acceptors (Lipinski definition) is 3. The average molecular weight is 193 g/mol. The molecular weight excluding hydrogens is 178 g/mol. The fourth-order valence-corrected chi connectivity index (χ4v) is 1.42. The number of carbonyl (C=O) groups excluding carboxylic acids is 1. The van der Waals surface area contributed by atoms with E-state index in [9.17, 15) is 4.79 Å². The Morgan fingerprint density at radius 2 is 2.29 bits per heavy atom. The first-order valence-electron chi connectivity index (χ1n) is 4.73. The van der Waals surface area contributed by atoms with Gasteiger partial charge >= 0.3 is 0 Å². The van der Waals surface area contributed by atoms with Crippen molar-refractivity contribution in [1.29, 1.82) is 0 Å². The van der Waals surface area contributed by atoms with Gasteiger partial charge in [0.15, 0.2) is 5.78 Å². The fraction of sp³-hybridized carbons (Fsp3) is 0.364. The minimum absolute atomic E-state index is 0.144. The van der Waals surface area contributed by atoms with Crippen molar-refractivity contribution in [3.63, 3.8) is 0 Å². The number of ketones is 1. The Bertz CT molecular complexity index is 290. The van der Waals surface area contributed by atoms with Crippen LogP contribution >= 0.6 is 0 Å². The quantitative estimate of drug-likeness (QED) is 0.703. The molecule has 3 nitrogen and oxygen atoms in total. The van der Waals surface area contributed by atoms with Crippen LogP contribution in [0.3, 0.4) is 0 Å². The van der Waals surface area contributed by atoms with Crippen LogP contribution in [0.25, 0.3) is 0 Å². The molecule has 0 radical (unpaired) electrons. The average Bonchev–Trinajstić information content (AvgIpc) is 2.47. The molecule has 1 rings (SSSR count). The van der Waals surface area contributed by atoms with Crippen LogP contribution in [-0.2, 0) is 4.79 Å². The van der Waals surface area contributed by atoms with E-state index in [0.717, 1.165) is 5.70 Å². The highest BCUT2D eigenvalue weighted by Crippen LogP contribution is 2.15. The third-order valence-electron chi connectivity index (χ3n) is 2.17. The lowest BCUT2D eigenvalue weighted by atomic mass is 9.97. The summed E-state index contributed by atoms with van der Waals surface area (Å²) in [5, 5.41) is 11.8. The largest absolute Gasteiger partial charge is 0.389 e. The molecule has 0 saturated carbocycles. The molecule has 1 heterocycles. The molecule has 1 aliphatic rings. The third kappa shape index (κ3) is 2.57. The van der Waals surface area contributed by atoms with E-state index in [4.69, 9.17) is 5.11 Å². The van der Waals surface area contributed by atoms with E-state index in [1.807, 2.05) is 31.2 Å². The summed E-state index contributed by atoms with van der Waals surface area (Å²) in [4.78, 5) is 11.4. The summed E-state index contributed by atoms with van der Waals surface area (Å²) in [6, 6.07) is 0. The lowest BCUT2D eigenvalue weighted by Gasteiger charge is -2.15. The van der Waals surface area contributed by atoms with Gasteiger partial charge in [0.1, 0.15) is 6.61 Å². The summed E-state index contributed by atoms with van der Waals surface area (Å²) in [5.41, 5.74) is 0.844. The smallest absolute Gasteiger partial charge is 0.167 e. The van der Waals surface area contributed by atoms with Gasteiger partial charge in [-0.25, -0.2) is 0 Å². The first-order chi connectivity index (χ1) is 6.79. The van der Waals surface area contributed by atoms with Crippen molar-refractivity contribution < 1.29 is 9.90 Å². The lowest BCUT2D eigenvalue weighted by molar-refractivity contribution is -0.124. The van der Waals surface area contributed by atoms with Gasteiger partial charge in [-0.05, 0) is 18.6 Å². The van der Waals surface area contributed by atoms with Gasteiger partial charge in [-0.3, -0.25) is 4.79 Å². The minimum atomic E-state index is -0.398. The number of aliphatic hydroxyl groups is 1. The Labute approximate surface area is 83.8 Å². The Morgan fingerprint density at radius 3 is 2.93 bits per heavy atom. The molecule has 1 aliphatic heterocycles. The number of allylic oxidation sites excluding steroid dienone is 5. The van der Waals surface area contributed by atoms with E-state index in [0.29, 0.717) is 6.42 Å². The molecule has 0 fully saturated rings. The highest BCUT2D eigenvalue weighted by Gasteiger charge is 2.19. The maximum Gasteiger partial charge on any atom is 0.167 e. The molecule has 0 aliphatic carbocycles. The molecule has 1 atom stereocenters. The zero-order chi connectivity index (χ0) is 10.4. The molecule has 0 spiro atoms. The van der Waals surface area contributed by atoms with Crippen molar-refractivity contribution in [2.24, 2.45) is 5.92 Å². The highest BCUT2D eigenvalue weighted by molar-refractivity contribution is 5.84. The molecule has 0 saturated heterocycles. The summed E-state index contributed by atoms with van der Waals surface area (Å²) in [5.74, 6) is -0.373. The van der Waals surface area contributed by atoms with Crippen LogP contribution in [0.2, 0.25) is 0 Å². The zero-order valence-electron chi connectivity index (χ0n) is 8.23. The second kappa shape index (κ2) is 5.40. The lowest BCUT2D eigenvalue weighted by Crippen LogP contribution is -2.25. The maximum absolute atomic E-state index is 11.4. The van der Waals surface area contributed by atoms with Crippen LogP contribution in [0, 0.1) is 5.92 Å². The summed E-state index contributed by atoms with van der Waals surface area (Å²) in [6.07, 6.45) is 9.96. The van der Waals surface area contributed by atoms with Gasteiger partial charge in [-0.1, -0.05) is 19.1 Å². The van der Waals surface area contributed by atoms with Gasteiger partial charge in [0.05, 0.1) is 5.92 Å². The second-order valence-electron chi connectivity index (χ2n) is 3.10. The Hall–Kier alpha value is -1.35. The van der Waals surface area contributed by atoms with Crippen LogP contribution in [-0.4, -0.2) is 17.5 Å². The Balaban J connectivity index is 2.78. The van der Waals surface area contributed by atoms with Gasteiger partial charge < -0.3 is 10.4 Å². The van der Waals surface area contributed by atoms with Crippen molar-refractivity contribution in [2.45, 2.75) is 13.3 Å². The number of nitrogens with one attached hydrogen (secondary N) is 1. The Kier molecular flexibility index (Phi) is 4.13. The SMILES string of the molecule is CCC(C(=O)CO)C1=CC=CC=CN1. The standard InChI is InChI=1S/C11H15NO2/c1-2-9(11(14)8-13)10-6-4-3-5-7-12-10/h3-7,9,12-13H,2,8H2,1H3. The van der Waals surface area contributed by atoms with Gasteiger partial charge in [-0.15, -0.1) is 0 Å². The van der Waals surface area contributed by atoms with E-state index in [1.54, 1.807) is 6.20 Å². The van der Waals surface area contributed by atoms with E-state index in [2.05, 4.69) is 5.32 Å². The molecule has 0 aromatic carbocycles. The summed E-state index contributed by atoms with van der Waals surface area (Å²) in [6.45, 7) is 1.53. The predicted octanol–water partition coefficient (Wildman–Crippen LogP) is 1.13. The first-order valence-corrected chi connectivity index (χ1v) is 4.73. The number of carbonyl (C=O) groups is 1. The van der Waals surface area contributed by atoms with Crippen LogP contribution in [0.4, 0.5) is 0 Å². The van der Waals surface area contributed by atoms with E-state index in [-0.39, 0.29) is 11.7 Å². The van der Waals surface area contributed by atoms with E-state index in [1.165, 1.54) is 0 Å². The number of aliphatic hydroxyl groups excluding tert-OH is 1. The third-order valence-corrected chi connectivity index (χ3v) is 2.17. The summed E-state index contributed by atoms with van der Waals surface area (Å²) >= 11 is 0. The molecular formula is C11H15NO2. The van der Waals surface area contributed by atoms with Gasteiger partial charge in [0.25, 0.3) is 0 Å². The summed E-state index contributed by atoms with van der Waals surface area (Å²) < 4.78 is 0. The van der Waals surface area contributed by atoms with Gasteiger partial charge in [0.2, 0.25) is 0 Å². The fourth-order valence-electron chi connectivity index (χ4n) is 1.42. The molecule has 0 amide bonds. The van der Waals surface area contributed by atoms with Crippen molar-refractivity contribution in [2.75, 3.05) is 6.61 Å². The van der Waals surface area contributed by atoms with Crippen molar-refractivity contribution in [3.05, 3.63) is 36.2 Å². The van der Waals surface area contributed by atoms with Gasteiger partial charge in [-0.2, -0.15) is 0 Å². The van der Waals surface area contributed by atoms with Crippen molar-refractivity contribution >= 4 is 5.78 Å². The minimum Gasteiger partial charge on any atom is -0.389 e. The van der Waals surface area contributed by atoms with Crippen LogP contribution in [0.1, 0.15) is 13.3 Å². The normalized spacial score (nSPS) is 16.9. The molecule has 3 heteroatoms. The predicted molar refractivity (Wildman–Crippen MR) is 55.4 cm³/mol. The summed E-state index contributed by atoms with van der Waals surface area (Å²) in [7, 11) is 0. The van der Waals surface area contributed by atoms with Crippen molar-refractivity contribution in [1.82, 2.24) is 5.32 Å². The number of rotatable bonds is 4. The van der Waals surface area contributed by atoms with Crippen LogP contribution in [0.15, 0.2) is 36.2 Å². The highest BCUT2D eigenvalue weighted by atomic mass is 16.3. The first kappa shape index (κ1) is 10.7. The van der Waals surface area contributed by atoms with E-state index < -0.39 is 6.61 Å². The Morgan fingerprint density at radius 1 is 1.50 bits per heavy atom. The molecule has 0 bridgehead atoms. The van der Waals surface area contributed by atoms with Gasteiger partial charge in [0, 0.05) is 11.9 Å². The van der Waals surface area contributed by atoms with E-state index >= 15 is 0 Å². The second-order valence-corrected chi connectivity index (χ2v) is 3.10. The molecule has 14 heavy (non-hydrogen) atoms. The molecule has 76 valence electrons. The monoisotopic (exact) mass is 193 g/mol. The number of hydrogen-bond donors (Lipinski definition) is 2. The zero-order valence-corrected chi connectivity index (χ0v) is 8.23. The molecule has 0 aromatic heterocycles. The molecule has 1 unspecified atom stereocenters. The topological polar surface area (TPSA) is 49.3 Å². The number of Topliss-reactive ketones (excluding diaryl/α,β-unsaturated/α-hetero) is 1. The van der Waals surface area contributed by atoms with Crippen LogP contribution in [0.5, 0.6) is 0 Å². The molecule has 0 aromatic rings.